The van der Waals surface area contributed by atoms with E-state index in [1.165, 1.54) is 39.0 Å². The first-order valence-corrected chi connectivity index (χ1v) is 18.3. The third kappa shape index (κ3) is 9.72. The molecule has 3 aromatic carbocycles. The Morgan fingerprint density at radius 3 is 1.52 bits per heavy atom. The molecule has 0 bridgehead atoms. The van der Waals surface area contributed by atoms with Crippen molar-refractivity contribution >= 4 is 33.5 Å². The molecular formula is C45H61BrO4. The van der Waals surface area contributed by atoms with Crippen LogP contribution >= 0.6 is 15.9 Å². The van der Waals surface area contributed by atoms with Crippen molar-refractivity contribution in [1.82, 2.24) is 0 Å². The van der Waals surface area contributed by atoms with E-state index < -0.39 is 11.4 Å². The number of hydrogen-bond acceptors (Lipinski definition) is 3. The highest BCUT2D eigenvalue weighted by Gasteiger charge is 2.44. The largest absolute Gasteiger partial charge is 0.481 e. The number of halogens is 1. The Bertz CT molecular complexity index is 1750. The number of aryl methyl sites for hydroxylation is 3. The van der Waals surface area contributed by atoms with Gasteiger partial charge in [0.05, 0.1) is 5.41 Å². The van der Waals surface area contributed by atoms with Crippen LogP contribution in [0.3, 0.4) is 0 Å². The molecule has 0 fully saturated rings. The van der Waals surface area contributed by atoms with E-state index in [-0.39, 0.29) is 21.7 Å². The zero-order valence-electron chi connectivity index (χ0n) is 33.4. The molecule has 2 aliphatic carbocycles. The maximum Gasteiger partial charge on any atom is 0.313 e. The summed E-state index contributed by atoms with van der Waals surface area (Å²) in [5, 5.41) is 8.96. The van der Waals surface area contributed by atoms with Crippen LogP contribution in [0.15, 0.2) is 71.2 Å². The van der Waals surface area contributed by atoms with Crippen molar-refractivity contribution in [2.45, 2.75) is 144 Å². The van der Waals surface area contributed by atoms with Crippen LogP contribution in [0.4, 0.5) is 0 Å². The minimum absolute atomic E-state index is 0.0199. The Labute approximate surface area is 311 Å². The van der Waals surface area contributed by atoms with E-state index in [4.69, 9.17) is 5.11 Å². The van der Waals surface area contributed by atoms with Crippen molar-refractivity contribution in [3.63, 3.8) is 0 Å². The van der Waals surface area contributed by atoms with Gasteiger partial charge in [-0.25, -0.2) is 0 Å². The summed E-state index contributed by atoms with van der Waals surface area (Å²) in [4.78, 5) is 35.4. The standard InChI is InChI=1S/C15H19BrO.C15H20O.C11H14O2.C4H8/c1-9-6-10-11(7-12(9)16)15(4,5)13(17)8-14(10,2)3;1-10-6-7-11-12(8-10)14(2,3)9-13(16)15(11,4)5;1-8-4-6-9(7-5-8)11(2,3)10(12)13;1-4(2)3/h6-7H,8H2,1-5H3;6-8H,9H2,1-5H3;4-7H,1-3H3,(H,12,13);1H2,2-3H3. The van der Waals surface area contributed by atoms with Crippen molar-refractivity contribution in [2.24, 2.45) is 0 Å². The van der Waals surface area contributed by atoms with E-state index >= 15 is 0 Å². The van der Waals surface area contributed by atoms with Gasteiger partial charge in [-0.2, -0.15) is 0 Å². The van der Waals surface area contributed by atoms with Crippen LogP contribution in [0.5, 0.6) is 0 Å². The summed E-state index contributed by atoms with van der Waals surface area (Å²) in [7, 11) is 0. The topological polar surface area (TPSA) is 71.4 Å². The normalized spacial score (nSPS) is 17.6. The van der Waals surface area contributed by atoms with Gasteiger partial charge in [0.15, 0.2) is 0 Å². The minimum atomic E-state index is -0.798. The average molecular weight is 746 g/mol. The number of rotatable bonds is 2. The molecule has 2 aliphatic rings. The number of carbonyl (C=O) groups excluding carboxylic acids is 2. The molecule has 0 amide bonds. The Balaban J connectivity index is 0.000000249. The molecule has 3 aromatic rings. The maximum atomic E-state index is 12.3. The fraction of sp³-hybridized carbons (Fsp3) is 0.489. The maximum absolute atomic E-state index is 12.3. The molecule has 0 radical (unpaired) electrons. The molecule has 0 aromatic heterocycles. The number of aliphatic carboxylic acids is 1. The van der Waals surface area contributed by atoms with Gasteiger partial charge in [-0.15, -0.1) is 6.58 Å². The molecular weight excluding hydrogens is 684 g/mol. The average Bonchev–Trinajstić information content (AvgIpc) is 2.97. The van der Waals surface area contributed by atoms with Crippen molar-refractivity contribution in [3.05, 3.63) is 116 Å². The molecule has 0 atom stereocenters. The molecule has 0 heterocycles. The van der Waals surface area contributed by atoms with Crippen LogP contribution < -0.4 is 0 Å². The second-order valence-electron chi connectivity index (χ2n) is 17.4. The van der Waals surface area contributed by atoms with Gasteiger partial charge in [0.25, 0.3) is 0 Å². The second kappa shape index (κ2) is 15.5. The van der Waals surface area contributed by atoms with Gasteiger partial charge in [-0.3, -0.25) is 14.4 Å². The lowest BCUT2D eigenvalue weighted by Gasteiger charge is -2.40. The fourth-order valence-electron chi connectivity index (χ4n) is 6.35. The Morgan fingerprint density at radius 1 is 0.680 bits per heavy atom. The first-order chi connectivity index (χ1) is 22.6. The molecule has 0 spiro atoms. The Morgan fingerprint density at radius 2 is 1.08 bits per heavy atom. The predicted molar refractivity (Wildman–Crippen MR) is 214 cm³/mol. The van der Waals surface area contributed by atoms with Crippen molar-refractivity contribution in [2.75, 3.05) is 0 Å². The minimum Gasteiger partial charge on any atom is -0.481 e. The predicted octanol–water partition coefficient (Wildman–Crippen LogP) is 11.7. The second-order valence-corrected chi connectivity index (χ2v) is 18.3. The summed E-state index contributed by atoms with van der Waals surface area (Å²) in [6.07, 6.45) is 1.28. The van der Waals surface area contributed by atoms with Gasteiger partial charge in [-0.1, -0.05) is 109 Å². The zero-order chi connectivity index (χ0) is 38.8. The third-order valence-electron chi connectivity index (χ3n) is 10.2. The smallest absolute Gasteiger partial charge is 0.313 e. The highest BCUT2D eigenvalue weighted by molar-refractivity contribution is 9.10. The summed E-state index contributed by atoms with van der Waals surface area (Å²) in [6, 6.07) is 18.4. The quantitative estimate of drug-likeness (QED) is 0.265. The van der Waals surface area contributed by atoms with Crippen molar-refractivity contribution in [3.8, 4) is 0 Å². The Kier molecular flexibility index (Phi) is 13.3. The fourth-order valence-corrected chi connectivity index (χ4v) is 6.69. The number of fused-ring (bicyclic) bond motifs is 2. The molecule has 0 saturated heterocycles. The molecule has 0 saturated carbocycles. The highest BCUT2D eigenvalue weighted by atomic mass is 79.9. The van der Waals surface area contributed by atoms with Gasteiger partial charge >= 0.3 is 5.97 Å². The van der Waals surface area contributed by atoms with E-state index in [9.17, 15) is 14.4 Å². The van der Waals surface area contributed by atoms with Gasteiger partial charge in [0.1, 0.15) is 11.6 Å². The van der Waals surface area contributed by atoms with Gasteiger partial charge in [0, 0.05) is 28.1 Å². The molecule has 5 heteroatoms. The lowest BCUT2D eigenvalue weighted by Crippen LogP contribution is -2.42. The lowest BCUT2D eigenvalue weighted by atomic mass is 9.62. The van der Waals surface area contributed by atoms with E-state index in [1.54, 1.807) is 13.8 Å². The highest BCUT2D eigenvalue weighted by Crippen LogP contribution is 2.46. The number of hydrogen-bond donors (Lipinski definition) is 1. The SMILES string of the molecule is C=C(C)C.Cc1cc2c(cc1Br)C(C)(C)C(=O)CC2(C)C.Cc1ccc(C(C)(C)C(=O)O)cc1.Cc1ccc2c(c1)C(C)(C)CC(=O)C2(C)C. The van der Waals surface area contributed by atoms with E-state index in [0.717, 1.165) is 15.6 Å². The van der Waals surface area contributed by atoms with E-state index in [2.05, 4.69) is 94.4 Å². The summed E-state index contributed by atoms with van der Waals surface area (Å²) >= 11 is 3.57. The van der Waals surface area contributed by atoms with Crippen LogP contribution in [0.2, 0.25) is 0 Å². The van der Waals surface area contributed by atoms with Crippen LogP contribution in [0.25, 0.3) is 0 Å². The van der Waals surface area contributed by atoms with Crippen LogP contribution in [0, 0.1) is 20.8 Å². The number of carboxylic acids is 1. The first-order valence-electron chi connectivity index (χ1n) is 17.5. The van der Waals surface area contributed by atoms with Crippen molar-refractivity contribution in [1.29, 1.82) is 0 Å². The number of allylic oxidation sites excluding steroid dienone is 1. The number of carbonyl (C=O) groups is 3. The number of ketones is 2. The summed E-state index contributed by atoms with van der Waals surface area (Å²) in [5.41, 5.74) is 9.17. The van der Waals surface area contributed by atoms with E-state index in [1.807, 2.05) is 72.7 Å². The molecule has 0 aliphatic heterocycles. The van der Waals surface area contributed by atoms with Crippen LogP contribution in [0.1, 0.15) is 140 Å². The number of Topliss-reactive ketones (excluding diaryl/α,β-unsaturated/α-hetero) is 2. The third-order valence-corrected chi connectivity index (χ3v) is 11.0. The van der Waals surface area contributed by atoms with Gasteiger partial charge in [0.2, 0.25) is 0 Å². The van der Waals surface area contributed by atoms with Gasteiger partial charge in [-0.05, 0) is 126 Å². The summed E-state index contributed by atoms with van der Waals surface area (Å²) in [6.45, 7) is 33.9. The summed E-state index contributed by atoms with van der Waals surface area (Å²) in [5.74, 6) is -0.101. The van der Waals surface area contributed by atoms with Crippen LogP contribution in [-0.2, 0) is 41.5 Å². The summed E-state index contributed by atoms with van der Waals surface area (Å²) < 4.78 is 1.09. The lowest BCUT2D eigenvalue weighted by molar-refractivity contribution is -0.142. The molecule has 5 rings (SSSR count). The van der Waals surface area contributed by atoms with Crippen LogP contribution in [-0.4, -0.2) is 22.6 Å². The number of carboxylic acid groups (broad SMARTS) is 1. The first kappa shape index (κ1) is 42.9. The van der Waals surface area contributed by atoms with Crippen molar-refractivity contribution < 1.29 is 19.5 Å². The zero-order valence-corrected chi connectivity index (χ0v) is 35.0. The molecule has 50 heavy (non-hydrogen) atoms. The molecule has 4 nitrogen and oxygen atoms in total. The molecule has 1 N–H and O–H groups in total. The Hall–Kier alpha value is -3.31. The molecule has 0 unspecified atom stereocenters. The number of benzene rings is 3. The monoisotopic (exact) mass is 744 g/mol. The van der Waals surface area contributed by atoms with Gasteiger partial charge < -0.3 is 5.11 Å². The van der Waals surface area contributed by atoms with E-state index in [0.29, 0.717) is 24.4 Å². The molecule has 272 valence electrons.